The van der Waals surface area contributed by atoms with Gasteiger partial charge in [-0.25, -0.2) is 4.98 Å². The number of aromatic nitrogens is 2. The summed E-state index contributed by atoms with van der Waals surface area (Å²) in [6.45, 7) is 23.7. The van der Waals surface area contributed by atoms with Crippen LogP contribution in [0.3, 0.4) is 0 Å². The molecule has 0 aliphatic carbocycles. The summed E-state index contributed by atoms with van der Waals surface area (Å²) in [5.41, 5.74) is 44.2. The number of nitrogens with zero attached hydrogens (tertiary/aromatic N) is 10. The van der Waals surface area contributed by atoms with Gasteiger partial charge in [0.15, 0.2) is 6.23 Å². The molecule has 3 saturated heterocycles. The van der Waals surface area contributed by atoms with Gasteiger partial charge in [0.2, 0.25) is 41.4 Å². The first kappa shape index (κ1) is 89.4. The molecule has 13 rings (SSSR count). The van der Waals surface area contributed by atoms with E-state index in [0.717, 1.165) is 62.5 Å². The molecule has 16 N–H and O–H groups in total. The summed E-state index contributed by atoms with van der Waals surface area (Å²) < 4.78 is 31.9. The van der Waals surface area contributed by atoms with Gasteiger partial charge in [0.25, 0.3) is 7.82 Å². The van der Waals surface area contributed by atoms with Gasteiger partial charge in [0.1, 0.15) is 18.3 Å². The number of hydrogen-bond acceptors (Lipinski definition) is 23. The monoisotopic (exact) mass is 1660 g/mol. The number of nitrogens with one attached hydrogen (secondary N) is 2. The Morgan fingerprint density at radius 3 is 1.92 bits per heavy atom. The number of phosphoric acid groups is 1. The Morgan fingerprint density at radius 2 is 1.32 bits per heavy atom. The van der Waals surface area contributed by atoms with E-state index in [9.17, 15) is 53.2 Å². The minimum atomic E-state index is -5.32. The molecule has 11 aliphatic heterocycles. The molecule has 34 heteroatoms. The molecule has 1 aromatic heterocycles. The van der Waals surface area contributed by atoms with Gasteiger partial charge in [0, 0.05) is 148 Å². The number of aryl methyl sites for hydroxylation is 2. The van der Waals surface area contributed by atoms with Crippen molar-refractivity contribution >= 4 is 94.5 Å². The van der Waals surface area contributed by atoms with E-state index in [0.29, 0.717) is 68.5 Å². The molecule has 0 spiro atoms. The van der Waals surface area contributed by atoms with Crippen molar-refractivity contribution in [3.8, 4) is 0 Å². The third kappa shape index (κ3) is 18.2. The quantitative estimate of drug-likeness (QED) is 0.0338. The van der Waals surface area contributed by atoms with E-state index in [2.05, 4.69) is 33.8 Å². The SMILES string of the molecule is C/C1=C2N=C(/C=C3N=C(/C(C)=C4\[N-][C@@](C)([C@@H]5N=C1[C@](C)(CCC(=O)NCC(C)OP(=O)([O-])O[C@H]1[C@@H](O)[C@@H](n6cnc7cc(C)c(C)cc76)O[C@@H]1CO)[C@H]5CC(N)=O)[C@@](C)(CC(N)=O)[C@@H]4CCC(N)=O)[C@@](C)(CC(N)=O)[C@@H]\3CCC(N)=O)C(C)(C)[C@@H]/2CCC(N)=O.C1=C2CCC(=CC3=NC(CC3)C3CCC(=N3)/C=C3/CCC1=N3)N2.[C-]#N.[Co+3]. The third-order valence-corrected chi connectivity index (χ3v) is 27.0. The Labute approximate surface area is 686 Å². The molecule has 16 bridgehead atoms. The van der Waals surface area contributed by atoms with Crippen molar-refractivity contribution in [2.24, 2.45) is 110 Å². The molecule has 11 aliphatic rings. The number of hydrogen-bond donors (Lipinski definition) is 10. The first-order valence-electron chi connectivity index (χ1n) is 39.6. The topological polar surface area (TPSA) is 538 Å². The molecular weight excluding hydrogens is 1550 g/mol. The predicted octanol–water partition coefficient (Wildman–Crippen LogP) is 6.89. The summed E-state index contributed by atoms with van der Waals surface area (Å²) in [4.78, 5) is 143. The zero-order valence-corrected chi connectivity index (χ0v) is 69.8. The number of aliphatic hydroxyl groups is 2. The van der Waals surface area contributed by atoms with Crippen LogP contribution in [0.4, 0.5) is 0 Å². The van der Waals surface area contributed by atoms with E-state index in [-0.39, 0.29) is 94.0 Å². The fourth-order valence-electron chi connectivity index (χ4n) is 19.5. The van der Waals surface area contributed by atoms with Crippen LogP contribution < -0.4 is 49.9 Å². The van der Waals surface area contributed by atoms with E-state index in [4.69, 9.17) is 95.3 Å². The number of aliphatic hydroxyl groups excluding tert-OH is 2. The molecule has 17 atom stereocenters. The Bertz CT molecular complexity index is 4780. The smallest absolute Gasteiger partial charge is 0.756 e. The number of amides is 7. The fourth-order valence-corrected chi connectivity index (χ4v) is 20.7. The van der Waals surface area contributed by atoms with Gasteiger partial charge in [-0.05, 0) is 188 Å². The Balaban J connectivity index is 0.000000458. The van der Waals surface area contributed by atoms with Crippen molar-refractivity contribution in [2.45, 2.75) is 252 Å². The third-order valence-electron chi connectivity index (χ3n) is 25.9. The number of rotatable bonds is 26. The van der Waals surface area contributed by atoms with Crippen molar-refractivity contribution in [3.05, 3.63) is 111 Å². The molecule has 626 valence electrons. The number of imidazole rings is 1. The normalized spacial score (nSPS) is 33.4. The zero-order valence-electron chi connectivity index (χ0n) is 67.8. The summed E-state index contributed by atoms with van der Waals surface area (Å²) in [5.74, 6) is -7.40. The maximum absolute atomic E-state index is 14.4. The predicted molar refractivity (Wildman–Crippen MR) is 431 cm³/mol. The van der Waals surface area contributed by atoms with Gasteiger partial charge in [-0.3, -0.25) is 68.1 Å². The van der Waals surface area contributed by atoms with E-state index >= 15 is 0 Å². The van der Waals surface area contributed by atoms with E-state index in [1.165, 1.54) is 52.0 Å². The second-order valence-corrected chi connectivity index (χ2v) is 35.5. The van der Waals surface area contributed by atoms with Crippen LogP contribution in [0.15, 0.2) is 118 Å². The number of aliphatic imine (C=N–C) groups is 6. The molecule has 0 saturated carbocycles. The average Bonchev–Trinajstić information content (AvgIpc) is 1.52. The second kappa shape index (κ2) is 35.3. The number of carbonyl (C=O) groups excluding carboxylic acids is 7. The first-order valence-corrected chi connectivity index (χ1v) is 41.1. The Morgan fingerprint density at radius 1 is 0.724 bits per heavy atom. The van der Waals surface area contributed by atoms with Crippen LogP contribution in [0.5, 0.6) is 0 Å². The average molecular weight is 1660 g/mol. The molecule has 1 aromatic carbocycles. The number of primary amides is 6. The minimum Gasteiger partial charge on any atom is -0.756 e. The summed E-state index contributed by atoms with van der Waals surface area (Å²) in [6.07, 6.45) is 10.8. The van der Waals surface area contributed by atoms with Crippen LogP contribution in [0.1, 0.15) is 202 Å². The largest absolute Gasteiger partial charge is 3.00 e. The molecular formula is C82H110CoN18O14P. The maximum atomic E-state index is 14.4. The number of carbonyl (C=O) groups is 7. The summed E-state index contributed by atoms with van der Waals surface area (Å²) in [7, 11) is -5.32. The van der Waals surface area contributed by atoms with Gasteiger partial charge >= 0.3 is 16.8 Å². The van der Waals surface area contributed by atoms with Gasteiger partial charge in [-0.1, -0.05) is 47.1 Å². The van der Waals surface area contributed by atoms with Gasteiger partial charge in [-0.15, -0.1) is 0 Å². The van der Waals surface area contributed by atoms with Crippen LogP contribution in [0, 0.1) is 71.0 Å². The number of phosphoric ester groups is 1. The van der Waals surface area contributed by atoms with Crippen molar-refractivity contribution in [1.29, 1.82) is 5.26 Å². The van der Waals surface area contributed by atoms with Crippen molar-refractivity contribution in [3.63, 3.8) is 0 Å². The number of fused-ring (bicyclic) bond motifs is 13. The van der Waals surface area contributed by atoms with Crippen LogP contribution in [0.2, 0.25) is 0 Å². The van der Waals surface area contributed by atoms with Gasteiger partial charge in [-0.2, -0.15) is 5.70 Å². The molecule has 32 nitrogen and oxygen atoms in total. The summed E-state index contributed by atoms with van der Waals surface area (Å²) in [6, 6.07) is 3.43. The van der Waals surface area contributed by atoms with Crippen LogP contribution >= 0.6 is 7.82 Å². The van der Waals surface area contributed by atoms with E-state index < -0.39 is 143 Å². The first-order chi connectivity index (χ1) is 54.1. The second-order valence-electron chi connectivity index (χ2n) is 34.1. The molecule has 2 aromatic rings. The van der Waals surface area contributed by atoms with E-state index in [1.807, 2.05) is 80.5 Å². The molecule has 3 fully saturated rings. The fraction of sp³-hybridized carbons (Fsp3) is 0.598. The number of ether oxygens (including phenoxy) is 1. The maximum Gasteiger partial charge on any atom is 3.00 e. The zero-order chi connectivity index (χ0) is 83.9. The van der Waals surface area contributed by atoms with E-state index in [1.54, 1.807) is 6.92 Å². The summed E-state index contributed by atoms with van der Waals surface area (Å²) in [5, 5.41) is 39.9. The van der Waals surface area contributed by atoms with Crippen LogP contribution in [0.25, 0.3) is 16.4 Å². The number of benzene rings is 1. The molecule has 116 heavy (non-hydrogen) atoms. The summed E-state index contributed by atoms with van der Waals surface area (Å²) >= 11 is 0. The van der Waals surface area contributed by atoms with Crippen LogP contribution in [-0.2, 0) is 68.7 Å². The van der Waals surface area contributed by atoms with Crippen LogP contribution in [-0.4, -0.2) is 157 Å². The number of allylic oxidation sites excluding steroid dienone is 12. The van der Waals surface area contributed by atoms with Gasteiger partial charge in [0.05, 0.1) is 42.2 Å². The van der Waals surface area contributed by atoms with Crippen molar-refractivity contribution < 1.29 is 83.8 Å². The van der Waals surface area contributed by atoms with Crippen molar-refractivity contribution in [1.82, 2.24) is 20.2 Å². The Hall–Kier alpha value is -8.97. The molecule has 0 radical (unpaired) electrons. The van der Waals surface area contributed by atoms with Gasteiger partial charge < -0.3 is 95.6 Å². The molecule has 7 amide bonds. The standard InChI is InChI=1S/C62H90N13O14P.C19H22N4.CN.Co/c1-29-20-39-40(21-30(29)2)75(28-70-39)57-52(84)53(41(27-76)87-57)89-90(85,86)88-31(3)26-69-49(83)18-19-59(8)37(22-46(66)80)56-62(11)61(10,25-48(68)82)36(14-17-45(65)79)51(74-62)33(5)55-60(9,24-47(67)81)34(12-15-43(63)77)38(71-55)23-42-58(6,7)35(13-16-44(64)78)50(72-42)32(4)54(59)73-56;1-3-14-10-16-5-7-18(22-16)19-8-6-17(23-19)11-15-4-2-13(21-15)9-12(1)20-14;1-2;/h20-21,23,28,31,34-37,41,52-53,56-57,76,84H,12-19,22,24-27H2,1-11H3,(H15,63,64,65,66,67,68,69,71,72,73,74,77,78,79,80,81,82,83,85,86);9-11,18-20H,1-8H2;;/q;;-1;+3/p-2/b;12-9?,14-10?,15-11-;;/t31?,34-,35-,36-,37+,41-,52-,53-,56-,57+,59-,60+,61+,62+;;;/m1.../s1. The Kier molecular flexibility index (Phi) is 27.2. The molecule has 12 heterocycles. The van der Waals surface area contributed by atoms with Crippen molar-refractivity contribution in [2.75, 3.05) is 13.2 Å². The molecule has 4 unspecified atom stereocenters. The minimum absolute atomic E-state index is 0. The number of nitrogens with two attached hydrogens (primary N) is 6.